The van der Waals surface area contributed by atoms with Crippen molar-refractivity contribution < 1.29 is 31.1 Å². The van der Waals surface area contributed by atoms with Crippen LogP contribution in [0.25, 0.3) is 11.0 Å². The number of rotatable bonds is 5. The Kier molecular flexibility index (Phi) is 6.07. The van der Waals surface area contributed by atoms with E-state index in [4.69, 9.17) is 16.3 Å². The van der Waals surface area contributed by atoms with Crippen LogP contribution >= 0.6 is 11.6 Å². The summed E-state index contributed by atoms with van der Waals surface area (Å²) in [6.45, 7) is 1.40. The number of aromatic nitrogens is 2. The van der Waals surface area contributed by atoms with Gasteiger partial charge >= 0.3 is 12.1 Å². The highest BCUT2D eigenvalue weighted by atomic mass is 35.5. The van der Waals surface area contributed by atoms with E-state index < -0.39 is 32.4 Å². The van der Waals surface area contributed by atoms with Gasteiger partial charge in [0.15, 0.2) is 9.84 Å². The molecule has 1 aromatic carbocycles. The minimum absolute atomic E-state index is 0.0890. The summed E-state index contributed by atoms with van der Waals surface area (Å²) < 4.78 is 70.9. The lowest BCUT2D eigenvalue weighted by molar-refractivity contribution is -0.140. The number of halogens is 4. The van der Waals surface area contributed by atoms with E-state index in [1.54, 1.807) is 13.0 Å². The zero-order valence-electron chi connectivity index (χ0n) is 16.7. The number of methoxy groups -OCH3 is 1. The lowest BCUT2D eigenvalue weighted by Gasteiger charge is -2.16. The first kappa shape index (κ1) is 23.1. The van der Waals surface area contributed by atoms with Crippen LogP contribution in [-0.2, 0) is 38.5 Å². The molecule has 2 heterocycles. The lowest BCUT2D eigenvalue weighted by Crippen LogP contribution is -2.14. The zero-order valence-corrected chi connectivity index (χ0v) is 18.3. The van der Waals surface area contributed by atoms with E-state index in [2.05, 4.69) is 4.98 Å². The minimum atomic E-state index is -4.77. The molecule has 0 radical (unpaired) electrons. The van der Waals surface area contributed by atoms with Crippen molar-refractivity contribution in [2.45, 2.75) is 31.0 Å². The summed E-state index contributed by atoms with van der Waals surface area (Å²) in [6, 6.07) is 6.06. The van der Waals surface area contributed by atoms with Crippen molar-refractivity contribution in [2.24, 2.45) is 0 Å². The average Bonchev–Trinajstić information content (AvgIpc) is 2.91. The molecule has 0 saturated heterocycles. The number of sulfone groups is 1. The summed E-state index contributed by atoms with van der Waals surface area (Å²) >= 11 is 6.00. The Morgan fingerprint density at radius 1 is 1.23 bits per heavy atom. The molecule has 0 aliphatic heterocycles. The molecule has 6 nitrogen and oxygen atoms in total. The van der Waals surface area contributed by atoms with E-state index >= 15 is 0 Å². The summed E-state index contributed by atoms with van der Waals surface area (Å²) in [5.74, 6) is -0.509. The molecule has 31 heavy (non-hydrogen) atoms. The molecule has 0 amide bonds. The number of alkyl halides is 3. The fourth-order valence-electron chi connectivity index (χ4n) is 3.37. The highest BCUT2D eigenvalue weighted by molar-refractivity contribution is 7.90. The molecule has 0 unspecified atom stereocenters. The van der Waals surface area contributed by atoms with Gasteiger partial charge in [-0.2, -0.15) is 13.2 Å². The first-order valence-corrected chi connectivity index (χ1v) is 11.2. The van der Waals surface area contributed by atoms with Crippen LogP contribution < -0.4 is 0 Å². The maximum atomic E-state index is 13.7. The van der Waals surface area contributed by atoms with E-state index in [1.807, 2.05) is 0 Å². The Bertz CT molecular complexity index is 1280. The van der Waals surface area contributed by atoms with Gasteiger partial charge in [-0.3, -0.25) is 4.79 Å². The molecule has 0 atom stereocenters. The Hall–Kier alpha value is -2.59. The fraction of sp³-hybridized carbons (Fsp3) is 0.300. The Balaban J connectivity index is 2.21. The summed E-state index contributed by atoms with van der Waals surface area (Å²) in [7, 11) is -2.58. The highest BCUT2D eigenvalue weighted by Crippen LogP contribution is 2.35. The van der Waals surface area contributed by atoms with Gasteiger partial charge in [0.25, 0.3) is 0 Å². The maximum Gasteiger partial charge on any atom is 0.416 e. The highest BCUT2D eigenvalue weighted by Gasteiger charge is 2.35. The lowest BCUT2D eigenvalue weighted by atomic mass is 10.1. The normalized spacial score (nSPS) is 12.4. The second-order valence-electron chi connectivity index (χ2n) is 7.00. The number of fused-ring (bicyclic) bond motifs is 1. The molecule has 3 aromatic rings. The molecule has 2 aromatic heterocycles. The van der Waals surface area contributed by atoms with Crippen LogP contribution in [-0.4, -0.2) is 37.3 Å². The van der Waals surface area contributed by atoms with Crippen molar-refractivity contribution >= 4 is 38.4 Å². The van der Waals surface area contributed by atoms with Crippen molar-refractivity contribution in [3.63, 3.8) is 0 Å². The smallest absolute Gasteiger partial charge is 0.416 e. The largest absolute Gasteiger partial charge is 0.469 e. The second kappa shape index (κ2) is 8.16. The molecular weight excluding hydrogens is 457 g/mol. The Labute approximate surface area is 181 Å². The molecule has 166 valence electrons. The zero-order chi connectivity index (χ0) is 23.1. The quantitative estimate of drug-likeness (QED) is 0.409. The van der Waals surface area contributed by atoms with Gasteiger partial charge in [0.1, 0.15) is 10.8 Å². The van der Waals surface area contributed by atoms with Crippen molar-refractivity contribution in [1.29, 1.82) is 0 Å². The number of hydrogen-bond acceptors (Lipinski definition) is 5. The monoisotopic (exact) mass is 474 g/mol. The van der Waals surface area contributed by atoms with Crippen molar-refractivity contribution in [2.75, 3.05) is 13.4 Å². The van der Waals surface area contributed by atoms with Gasteiger partial charge in [-0.1, -0.05) is 17.7 Å². The van der Waals surface area contributed by atoms with Crippen molar-refractivity contribution in [3.8, 4) is 0 Å². The standard InChI is InChI=1S/C20H18ClF3N2O4S/c1-11-15(9-18(27)30-2)14-6-7-17(21)25-19(14)26(11)10-12-4-5-13(31(3,28)29)8-16(12)20(22,23)24/h4-8H,9-10H2,1-3H3. The number of ether oxygens (including phenoxy) is 1. The number of carbonyl (C=O) groups is 1. The molecule has 0 saturated carbocycles. The Morgan fingerprint density at radius 2 is 1.90 bits per heavy atom. The predicted molar refractivity (Wildman–Crippen MR) is 109 cm³/mol. The third kappa shape index (κ3) is 4.69. The number of pyridine rings is 1. The molecule has 3 rings (SSSR count). The van der Waals surface area contributed by atoms with Crippen LogP contribution in [0.5, 0.6) is 0 Å². The molecule has 0 spiro atoms. The SMILES string of the molecule is COC(=O)Cc1c(C)n(Cc2ccc(S(C)(=O)=O)cc2C(F)(F)F)c2nc(Cl)ccc12. The molecule has 0 aliphatic carbocycles. The summed E-state index contributed by atoms with van der Waals surface area (Å²) in [4.78, 5) is 15.7. The third-order valence-corrected chi connectivity index (χ3v) is 6.28. The molecule has 0 N–H and O–H groups in total. The van der Waals surface area contributed by atoms with Crippen LogP contribution in [0.1, 0.15) is 22.4 Å². The topological polar surface area (TPSA) is 78.3 Å². The second-order valence-corrected chi connectivity index (χ2v) is 9.40. The van der Waals surface area contributed by atoms with Gasteiger partial charge in [0.05, 0.1) is 24.0 Å². The predicted octanol–water partition coefficient (Wildman–Crippen LogP) is 4.18. The number of carbonyl (C=O) groups excluding carboxylic acids is 1. The van der Waals surface area contributed by atoms with Gasteiger partial charge in [-0.15, -0.1) is 0 Å². The average molecular weight is 475 g/mol. The van der Waals surface area contributed by atoms with E-state index in [1.165, 1.54) is 17.7 Å². The Morgan fingerprint density at radius 3 is 2.48 bits per heavy atom. The van der Waals surface area contributed by atoms with E-state index in [0.717, 1.165) is 18.4 Å². The van der Waals surface area contributed by atoms with E-state index in [9.17, 15) is 26.4 Å². The fourth-order valence-corrected chi connectivity index (χ4v) is 4.16. The summed E-state index contributed by atoms with van der Waals surface area (Å²) in [5.41, 5.74) is 0.187. The first-order valence-electron chi connectivity index (χ1n) is 8.94. The number of esters is 1. The third-order valence-electron chi connectivity index (χ3n) is 4.96. The maximum absolute atomic E-state index is 13.7. The molecule has 0 bridgehead atoms. The van der Waals surface area contributed by atoms with E-state index in [-0.39, 0.29) is 23.7 Å². The van der Waals surface area contributed by atoms with E-state index in [0.29, 0.717) is 28.4 Å². The first-order chi connectivity index (χ1) is 14.3. The molecular formula is C20H18ClF3N2O4S. The van der Waals surface area contributed by atoms with Gasteiger partial charge < -0.3 is 9.30 Å². The van der Waals surface area contributed by atoms with Crippen LogP contribution in [0.3, 0.4) is 0 Å². The molecule has 0 aliphatic rings. The van der Waals surface area contributed by atoms with Crippen LogP contribution in [0.4, 0.5) is 13.2 Å². The van der Waals surface area contributed by atoms with Gasteiger partial charge in [0, 0.05) is 23.9 Å². The number of nitrogens with zero attached hydrogens (tertiary/aromatic N) is 2. The molecule has 11 heteroatoms. The van der Waals surface area contributed by atoms with Crippen LogP contribution in [0, 0.1) is 6.92 Å². The summed E-state index contributed by atoms with van der Waals surface area (Å²) in [6.07, 6.45) is -4.02. The van der Waals surface area contributed by atoms with Crippen molar-refractivity contribution in [1.82, 2.24) is 9.55 Å². The van der Waals surface area contributed by atoms with Crippen LogP contribution in [0.15, 0.2) is 35.2 Å². The summed E-state index contributed by atoms with van der Waals surface area (Å²) in [5, 5.41) is 0.702. The number of hydrogen-bond donors (Lipinski definition) is 0. The molecule has 0 fully saturated rings. The minimum Gasteiger partial charge on any atom is -0.469 e. The van der Waals surface area contributed by atoms with Crippen LogP contribution in [0.2, 0.25) is 5.15 Å². The van der Waals surface area contributed by atoms with Gasteiger partial charge in [0.2, 0.25) is 0 Å². The van der Waals surface area contributed by atoms with Gasteiger partial charge in [-0.05, 0) is 42.3 Å². The number of benzene rings is 1. The van der Waals surface area contributed by atoms with Crippen molar-refractivity contribution in [3.05, 3.63) is 57.9 Å². The van der Waals surface area contributed by atoms with Gasteiger partial charge in [-0.25, -0.2) is 13.4 Å².